The van der Waals surface area contributed by atoms with Gasteiger partial charge in [-0.15, -0.1) is 0 Å². The first-order valence-electron chi connectivity index (χ1n) is 8.44. The van der Waals surface area contributed by atoms with Crippen molar-refractivity contribution < 1.29 is 9.18 Å². The molecule has 128 valence electrons. The topological polar surface area (TPSA) is 59.8 Å². The minimum absolute atomic E-state index is 0.113. The molecule has 5 nitrogen and oxygen atoms in total. The Balaban J connectivity index is 1.56. The minimum atomic E-state index is -1.11. The van der Waals surface area contributed by atoms with Crippen LogP contribution in [0.3, 0.4) is 0 Å². The van der Waals surface area contributed by atoms with Crippen LogP contribution in [0, 0.1) is 5.92 Å². The second kappa shape index (κ2) is 5.69. The lowest BCUT2D eigenvalue weighted by Gasteiger charge is -2.38. The average Bonchev–Trinajstić information content (AvgIpc) is 2.73. The quantitative estimate of drug-likeness (QED) is 0.837. The molecule has 2 saturated carbocycles. The van der Waals surface area contributed by atoms with Crippen molar-refractivity contribution in [2.75, 3.05) is 5.32 Å². The number of imidazole rings is 1. The lowest BCUT2D eigenvalue weighted by atomic mass is 9.72. The fourth-order valence-electron chi connectivity index (χ4n) is 3.76. The highest BCUT2D eigenvalue weighted by molar-refractivity contribution is 6.29. The van der Waals surface area contributed by atoms with Gasteiger partial charge >= 0.3 is 0 Å². The Morgan fingerprint density at radius 2 is 2.17 bits per heavy atom. The Morgan fingerprint density at radius 1 is 1.42 bits per heavy atom. The Kier molecular flexibility index (Phi) is 3.75. The molecule has 0 atom stereocenters. The molecule has 0 saturated heterocycles. The van der Waals surface area contributed by atoms with Gasteiger partial charge in [-0.3, -0.25) is 14.7 Å². The van der Waals surface area contributed by atoms with E-state index in [-0.39, 0.29) is 11.8 Å². The molecule has 0 aromatic carbocycles. The number of nitrogens with one attached hydrogen (secondary N) is 1. The molecule has 0 aliphatic heterocycles. The monoisotopic (exact) mass is 350 g/mol. The third-order valence-electron chi connectivity index (χ3n) is 5.10. The summed E-state index contributed by atoms with van der Waals surface area (Å²) >= 11 is 6.02. The summed E-state index contributed by atoms with van der Waals surface area (Å²) in [6.07, 6.45) is 4.50. The number of carbonyl (C=O) groups excluding carboxylic acids is 1. The molecule has 1 amide bonds. The molecule has 24 heavy (non-hydrogen) atoms. The van der Waals surface area contributed by atoms with Gasteiger partial charge in [-0.25, -0.2) is 14.4 Å². The summed E-state index contributed by atoms with van der Waals surface area (Å²) in [5, 5.41) is 3.32. The summed E-state index contributed by atoms with van der Waals surface area (Å²) in [4.78, 5) is 21.2. The SMILES string of the molecule is CC1(F)CC(CC(=O)Nc2nc3ccc(Cl)nc3n2C2CCC2)C1. The maximum Gasteiger partial charge on any atom is 0.226 e. The average molecular weight is 351 g/mol. The normalized spacial score (nSPS) is 26.9. The fourth-order valence-corrected chi connectivity index (χ4v) is 3.90. The third-order valence-corrected chi connectivity index (χ3v) is 5.31. The lowest BCUT2D eigenvalue weighted by Crippen LogP contribution is -2.38. The maximum absolute atomic E-state index is 13.6. The van der Waals surface area contributed by atoms with E-state index in [1.165, 1.54) is 0 Å². The number of rotatable bonds is 4. The van der Waals surface area contributed by atoms with Crippen LogP contribution >= 0.6 is 11.6 Å². The second-order valence-corrected chi connectivity index (χ2v) is 7.69. The van der Waals surface area contributed by atoms with E-state index in [4.69, 9.17) is 11.6 Å². The van der Waals surface area contributed by atoms with Crippen LogP contribution in [0.1, 0.15) is 51.5 Å². The highest BCUT2D eigenvalue weighted by atomic mass is 35.5. The van der Waals surface area contributed by atoms with Crippen molar-refractivity contribution in [3.63, 3.8) is 0 Å². The number of nitrogens with zero attached hydrogens (tertiary/aromatic N) is 3. The van der Waals surface area contributed by atoms with Crippen molar-refractivity contribution in [3.05, 3.63) is 17.3 Å². The molecule has 2 aliphatic carbocycles. The van der Waals surface area contributed by atoms with Gasteiger partial charge < -0.3 is 0 Å². The van der Waals surface area contributed by atoms with Gasteiger partial charge in [0.25, 0.3) is 0 Å². The van der Waals surface area contributed by atoms with E-state index in [1.807, 2.05) is 10.6 Å². The molecule has 1 N–H and O–H groups in total. The van der Waals surface area contributed by atoms with E-state index in [9.17, 15) is 9.18 Å². The summed E-state index contributed by atoms with van der Waals surface area (Å²) in [7, 11) is 0. The molecule has 2 aliphatic rings. The molecular formula is C17H20ClFN4O. The van der Waals surface area contributed by atoms with Gasteiger partial charge in [0.05, 0.1) is 0 Å². The zero-order valence-corrected chi connectivity index (χ0v) is 14.3. The summed E-state index contributed by atoms with van der Waals surface area (Å²) < 4.78 is 15.6. The van der Waals surface area contributed by atoms with Crippen molar-refractivity contribution in [1.82, 2.24) is 14.5 Å². The van der Waals surface area contributed by atoms with Crippen LogP contribution in [0.15, 0.2) is 12.1 Å². The number of hydrogen-bond acceptors (Lipinski definition) is 3. The van der Waals surface area contributed by atoms with Crippen molar-refractivity contribution >= 4 is 34.6 Å². The summed E-state index contributed by atoms with van der Waals surface area (Å²) in [5.74, 6) is 0.531. The van der Waals surface area contributed by atoms with Crippen LogP contribution < -0.4 is 5.32 Å². The van der Waals surface area contributed by atoms with Crippen LogP contribution in [-0.4, -0.2) is 26.1 Å². The van der Waals surface area contributed by atoms with Gasteiger partial charge in [-0.05, 0) is 57.1 Å². The Bertz CT molecular complexity index is 791. The highest BCUT2D eigenvalue weighted by Gasteiger charge is 2.41. The van der Waals surface area contributed by atoms with E-state index in [0.29, 0.717) is 42.1 Å². The van der Waals surface area contributed by atoms with Crippen LogP contribution in [0.2, 0.25) is 5.15 Å². The molecule has 2 aromatic rings. The fraction of sp³-hybridized carbons (Fsp3) is 0.588. The molecule has 0 radical (unpaired) electrons. The predicted octanol–water partition coefficient (Wildman–Crippen LogP) is 4.28. The largest absolute Gasteiger partial charge is 0.296 e. The summed E-state index contributed by atoms with van der Waals surface area (Å²) in [6.45, 7) is 1.59. The van der Waals surface area contributed by atoms with Gasteiger partial charge in [-0.1, -0.05) is 11.6 Å². The van der Waals surface area contributed by atoms with Crippen molar-refractivity contribution in [2.45, 2.75) is 57.2 Å². The predicted molar refractivity (Wildman–Crippen MR) is 90.9 cm³/mol. The second-order valence-electron chi connectivity index (χ2n) is 7.31. The Labute approximate surface area is 144 Å². The third kappa shape index (κ3) is 2.88. The summed E-state index contributed by atoms with van der Waals surface area (Å²) in [6, 6.07) is 3.81. The molecule has 2 heterocycles. The van der Waals surface area contributed by atoms with Crippen molar-refractivity contribution in [3.8, 4) is 0 Å². The number of hydrogen-bond donors (Lipinski definition) is 1. The highest BCUT2D eigenvalue weighted by Crippen LogP contribution is 2.43. The Hall–Kier alpha value is -1.69. The summed E-state index contributed by atoms with van der Waals surface area (Å²) in [5.41, 5.74) is 0.328. The molecule has 0 bridgehead atoms. The van der Waals surface area contributed by atoms with E-state index in [0.717, 1.165) is 24.8 Å². The number of alkyl halides is 1. The Morgan fingerprint density at radius 3 is 2.79 bits per heavy atom. The number of amides is 1. The zero-order valence-electron chi connectivity index (χ0n) is 13.6. The van der Waals surface area contributed by atoms with E-state index in [1.54, 1.807) is 13.0 Å². The first-order chi connectivity index (χ1) is 11.4. The van der Waals surface area contributed by atoms with Crippen molar-refractivity contribution in [2.24, 2.45) is 5.92 Å². The number of anilines is 1. The van der Waals surface area contributed by atoms with Gasteiger partial charge in [0.15, 0.2) is 5.65 Å². The smallest absolute Gasteiger partial charge is 0.226 e. The van der Waals surface area contributed by atoms with E-state index >= 15 is 0 Å². The number of pyridine rings is 1. The lowest BCUT2D eigenvalue weighted by molar-refractivity contribution is -0.119. The maximum atomic E-state index is 13.6. The number of fused-ring (bicyclic) bond motifs is 1. The minimum Gasteiger partial charge on any atom is -0.296 e. The van der Waals surface area contributed by atoms with Gasteiger partial charge in [0.1, 0.15) is 16.3 Å². The number of aromatic nitrogens is 3. The van der Waals surface area contributed by atoms with E-state index < -0.39 is 5.67 Å². The van der Waals surface area contributed by atoms with Gasteiger partial charge in [0, 0.05) is 12.5 Å². The van der Waals surface area contributed by atoms with Crippen LogP contribution in [0.25, 0.3) is 11.2 Å². The van der Waals surface area contributed by atoms with Gasteiger partial charge in [-0.2, -0.15) is 0 Å². The van der Waals surface area contributed by atoms with E-state index in [2.05, 4.69) is 15.3 Å². The molecule has 2 aromatic heterocycles. The van der Waals surface area contributed by atoms with Crippen LogP contribution in [0.4, 0.5) is 10.3 Å². The molecular weight excluding hydrogens is 331 g/mol. The number of carbonyl (C=O) groups is 1. The molecule has 0 spiro atoms. The first-order valence-corrected chi connectivity index (χ1v) is 8.82. The molecule has 0 unspecified atom stereocenters. The first kappa shape index (κ1) is 15.8. The standard InChI is InChI=1S/C17H20ClFN4O/c1-17(19)8-10(9-17)7-14(24)22-16-20-12-5-6-13(18)21-15(12)23(16)11-3-2-4-11/h5-6,10-11H,2-4,7-9H2,1H3,(H,20,22,24). The van der Waals surface area contributed by atoms with Gasteiger partial charge in [0.2, 0.25) is 11.9 Å². The zero-order chi connectivity index (χ0) is 16.9. The van der Waals surface area contributed by atoms with Crippen LogP contribution in [0.5, 0.6) is 0 Å². The number of halogens is 2. The van der Waals surface area contributed by atoms with Crippen LogP contribution in [-0.2, 0) is 4.79 Å². The molecule has 7 heteroatoms. The molecule has 4 rings (SSSR count). The van der Waals surface area contributed by atoms with Crippen molar-refractivity contribution in [1.29, 1.82) is 0 Å². The molecule has 2 fully saturated rings.